The van der Waals surface area contributed by atoms with E-state index in [-0.39, 0.29) is 5.69 Å². The van der Waals surface area contributed by atoms with Crippen LogP contribution in [0.2, 0.25) is 10.0 Å². The fourth-order valence-corrected chi connectivity index (χ4v) is 3.33. The third kappa shape index (κ3) is 3.46. The van der Waals surface area contributed by atoms with Gasteiger partial charge in [0.1, 0.15) is 0 Å². The van der Waals surface area contributed by atoms with Crippen molar-refractivity contribution in [1.29, 1.82) is 0 Å². The number of amides is 3. The van der Waals surface area contributed by atoms with Crippen LogP contribution < -0.4 is 10.2 Å². The van der Waals surface area contributed by atoms with Crippen LogP contribution in [0.25, 0.3) is 0 Å². The Morgan fingerprint density at radius 2 is 1.56 bits per heavy atom. The highest BCUT2D eigenvalue weighted by Gasteiger charge is 2.51. The largest absolute Gasteiger partial charge is 0.325 e. The second-order valence-electron chi connectivity index (χ2n) is 6.16. The third-order valence-corrected chi connectivity index (χ3v) is 4.72. The topological polar surface area (TPSA) is 83.6 Å². The summed E-state index contributed by atoms with van der Waals surface area (Å²) in [6, 6.07) is 9.28. The van der Waals surface area contributed by atoms with Gasteiger partial charge in [0.15, 0.2) is 5.92 Å². The van der Waals surface area contributed by atoms with Gasteiger partial charge in [-0.1, -0.05) is 23.2 Å². The molecule has 1 heterocycles. The van der Waals surface area contributed by atoms with E-state index in [4.69, 9.17) is 23.2 Å². The first kappa shape index (κ1) is 19.1. The van der Waals surface area contributed by atoms with E-state index in [1.807, 2.05) is 0 Å². The Morgan fingerprint density at radius 1 is 0.963 bits per heavy atom. The molecule has 0 bridgehead atoms. The van der Waals surface area contributed by atoms with Gasteiger partial charge in [-0.3, -0.25) is 19.2 Å². The van der Waals surface area contributed by atoms with Crippen molar-refractivity contribution in [2.75, 3.05) is 10.2 Å². The first-order chi connectivity index (χ1) is 12.7. The van der Waals surface area contributed by atoms with E-state index in [1.165, 1.54) is 12.1 Å². The zero-order chi connectivity index (χ0) is 19.9. The van der Waals surface area contributed by atoms with E-state index in [0.29, 0.717) is 26.9 Å². The van der Waals surface area contributed by atoms with E-state index in [1.54, 1.807) is 38.1 Å². The number of anilines is 2. The maximum Gasteiger partial charge on any atom is 0.302 e. The van der Waals surface area contributed by atoms with Crippen molar-refractivity contribution in [3.05, 3.63) is 57.6 Å². The molecule has 2 aromatic rings. The van der Waals surface area contributed by atoms with Crippen LogP contribution in [0.15, 0.2) is 36.4 Å². The van der Waals surface area contributed by atoms with Crippen LogP contribution in [0.5, 0.6) is 0 Å². The van der Waals surface area contributed by atoms with Crippen LogP contribution in [0.3, 0.4) is 0 Å². The first-order valence-corrected chi connectivity index (χ1v) is 8.71. The maximum atomic E-state index is 12.7. The van der Waals surface area contributed by atoms with Gasteiger partial charge in [0.2, 0.25) is 11.7 Å². The van der Waals surface area contributed by atoms with Crippen molar-refractivity contribution in [2.24, 2.45) is 5.92 Å². The summed E-state index contributed by atoms with van der Waals surface area (Å²) >= 11 is 11.8. The van der Waals surface area contributed by atoms with E-state index >= 15 is 0 Å². The minimum absolute atomic E-state index is 0.223. The number of carbonyl (C=O) groups is 4. The molecule has 2 aromatic carbocycles. The molecule has 1 aliphatic heterocycles. The molecule has 138 valence electrons. The number of imide groups is 1. The molecule has 0 spiro atoms. The van der Waals surface area contributed by atoms with Crippen molar-refractivity contribution in [3.63, 3.8) is 0 Å². The number of hydrogen-bond donors (Lipinski definition) is 1. The fourth-order valence-electron chi connectivity index (χ4n) is 2.88. The van der Waals surface area contributed by atoms with Crippen molar-refractivity contribution >= 4 is 58.1 Å². The van der Waals surface area contributed by atoms with Crippen LogP contribution in [0.4, 0.5) is 11.4 Å². The van der Waals surface area contributed by atoms with E-state index in [2.05, 4.69) is 5.32 Å². The van der Waals surface area contributed by atoms with Gasteiger partial charge in [0, 0.05) is 15.7 Å². The minimum atomic E-state index is -1.73. The molecule has 0 unspecified atom stereocenters. The van der Waals surface area contributed by atoms with E-state index in [0.717, 1.165) is 4.90 Å². The number of aryl methyl sites for hydroxylation is 2. The number of ketones is 1. The standard InChI is InChI=1S/C19H14Cl2N2O4/c1-9-7-11(20)3-5-13(9)22-17(25)15-16(24)19(27)23(18(15)26)14-6-4-12(21)8-10(14)2/h3-8,15H,1-2H3,(H,22,25)/t15-/m1/s1. The number of nitrogens with one attached hydrogen (secondary N) is 1. The van der Waals surface area contributed by atoms with Gasteiger partial charge in [-0.05, 0) is 61.4 Å². The Hall–Kier alpha value is -2.70. The highest BCUT2D eigenvalue weighted by Crippen LogP contribution is 2.30. The van der Waals surface area contributed by atoms with Gasteiger partial charge in [-0.25, -0.2) is 4.90 Å². The molecule has 0 aliphatic carbocycles. The summed E-state index contributed by atoms with van der Waals surface area (Å²) < 4.78 is 0. The number of nitrogens with zero attached hydrogens (tertiary/aromatic N) is 1. The predicted molar refractivity (Wildman–Crippen MR) is 102 cm³/mol. The lowest BCUT2D eigenvalue weighted by Gasteiger charge is -2.16. The summed E-state index contributed by atoms with van der Waals surface area (Å²) in [5.74, 6) is -5.60. The molecule has 8 heteroatoms. The third-order valence-electron chi connectivity index (χ3n) is 4.25. The number of rotatable bonds is 3. The average molecular weight is 405 g/mol. The molecule has 1 fully saturated rings. The highest BCUT2D eigenvalue weighted by atomic mass is 35.5. The van der Waals surface area contributed by atoms with Crippen molar-refractivity contribution < 1.29 is 19.2 Å². The number of benzene rings is 2. The van der Waals surface area contributed by atoms with Gasteiger partial charge in [-0.2, -0.15) is 0 Å². The minimum Gasteiger partial charge on any atom is -0.325 e. The van der Waals surface area contributed by atoms with Crippen LogP contribution in [0.1, 0.15) is 11.1 Å². The molecule has 0 aromatic heterocycles. The number of carbonyl (C=O) groups excluding carboxylic acids is 4. The van der Waals surface area contributed by atoms with E-state index < -0.39 is 29.4 Å². The zero-order valence-electron chi connectivity index (χ0n) is 14.4. The monoisotopic (exact) mass is 404 g/mol. The predicted octanol–water partition coefficient (Wildman–Crippen LogP) is 3.31. The Labute approximate surface area is 165 Å². The molecule has 0 saturated carbocycles. The zero-order valence-corrected chi connectivity index (χ0v) is 15.9. The number of Topliss-reactive ketones (excluding diaryl/α,β-unsaturated/α-hetero) is 1. The summed E-state index contributed by atoms with van der Waals surface area (Å²) in [7, 11) is 0. The van der Waals surface area contributed by atoms with Crippen molar-refractivity contribution in [3.8, 4) is 0 Å². The molecular formula is C19H14Cl2N2O4. The Bertz CT molecular complexity index is 1000. The smallest absolute Gasteiger partial charge is 0.302 e. The Balaban J connectivity index is 1.90. The average Bonchev–Trinajstić information content (AvgIpc) is 2.80. The summed E-state index contributed by atoms with van der Waals surface area (Å²) in [4.78, 5) is 50.7. The molecule has 0 radical (unpaired) electrons. The van der Waals surface area contributed by atoms with Crippen LogP contribution >= 0.6 is 23.2 Å². The fraction of sp³-hybridized carbons (Fsp3) is 0.158. The molecule has 1 saturated heterocycles. The van der Waals surface area contributed by atoms with Gasteiger partial charge in [0.25, 0.3) is 5.91 Å². The summed E-state index contributed by atoms with van der Waals surface area (Å²) in [5, 5.41) is 3.43. The van der Waals surface area contributed by atoms with Gasteiger partial charge < -0.3 is 5.32 Å². The number of hydrogen-bond acceptors (Lipinski definition) is 4. The lowest BCUT2D eigenvalue weighted by atomic mass is 10.1. The van der Waals surface area contributed by atoms with Crippen LogP contribution in [-0.2, 0) is 19.2 Å². The Kier molecular flexibility index (Phi) is 5.04. The van der Waals surface area contributed by atoms with Crippen molar-refractivity contribution in [1.82, 2.24) is 0 Å². The quantitative estimate of drug-likeness (QED) is 0.483. The SMILES string of the molecule is Cc1cc(Cl)ccc1NC(=O)[C@H]1C(=O)C(=O)N(c2ccc(Cl)cc2C)C1=O. The molecule has 1 aliphatic rings. The second kappa shape index (κ2) is 7.13. The van der Waals surface area contributed by atoms with Crippen LogP contribution in [0, 0.1) is 19.8 Å². The summed E-state index contributed by atoms with van der Waals surface area (Å²) in [6.07, 6.45) is 0. The molecular weight excluding hydrogens is 391 g/mol. The molecule has 27 heavy (non-hydrogen) atoms. The molecule has 3 amide bonds. The lowest BCUT2D eigenvalue weighted by Crippen LogP contribution is -2.35. The molecule has 3 rings (SSSR count). The van der Waals surface area contributed by atoms with Gasteiger partial charge in [-0.15, -0.1) is 0 Å². The van der Waals surface area contributed by atoms with Gasteiger partial charge in [0.05, 0.1) is 5.69 Å². The summed E-state index contributed by atoms with van der Waals surface area (Å²) in [5.41, 5.74) is 1.82. The first-order valence-electron chi connectivity index (χ1n) is 7.96. The van der Waals surface area contributed by atoms with Crippen LogP contribution in [-0.4, -0.2) is 23.5 Å². The Morgan fingerprint density at radius 3 is 2.15 bits per heavy atom. The second-order valence-corrected chi connectivity index (χ2v) is 7.03. The highest BCUT2D eigenvalue weighted by molar-refractivity contribution is 6.60. The summed E-state index contributed by atoms with van der Waals surface area (Å²) in [6.45, 7) is 3.37. The maximum absolute atomic E-state index is 12.7. The molecule has 6 nitrogen and oxygen atoms in total. The lowest BCUT2D eigenvalue weighted by molar-refractivity contribution is -0.139. The normalized spacial score (nSPS) is 16.8. The van der Waals surface area contributed by atoms with Gasteiger partial charge >= 0.3 is 5.91 Å². The number of halogens is 2. The molecule has 1 atom stereocenters. The molecule has 1 N–H and O–H groups in total. The van der Waals surface area contributed by atoms with E-state index in [9.17, 15) is 19.2 Å². The van der Waals surface area contributed by atoms with Crippen molar-refractivity contribution in [2.45, 2.75) is 13.8 Å².